The van der Waals surface area contributed by atoms with Gasteiger partial charge < -0.3 is 0 Å². The van der Waals surface area contributed by atoms with Gasteiger partial charge in [0.15, 0.2) is 0 Å². The number of anilines is 1. The molecule has 0 amide bonds. The standard InChI is InChI=1S/C20H22N4OS/c1-13(2)22-23-20-21-18-17(15-10-6-7-11-16(15)26-18)19(25)24(20)12-14-8-4-3-5-9-14/h3-5,8-9H,6-7,10-12H2,1-2H3,(H,21,23). The van der Waals surface area contributed by atoms with Gasteiger partial charge in [0.2, 0.25) is 5.95 Å². The van der Waals surface area contributed by atoms with Crippen LogP contribution in [0.2, 0.25) is 0 Å². The number of rotatable bonds is 4. The van der Waals surface area contributed by atoms with E-state index in [1.54, 1.807) is 15.9 Å². The molecule has 2 heterocycles. The van der Waals surface area contributed by atoms with Gasteiger partial charge in [0.05, 0.1) is 11.9 Å². The Kier molecular flexibility index (Phi) is 4.59. The Labute approximate surface area is 156 Å². The first kappa shape index (κ1) is 17.0. The first-order valence-electron chi connectivity index (χ1n) is 8.99. The summed E-state index contributed by atoms with van der Waals surface area (Å²) in [5, 5.41) is 5.08. The predicted molar refractivity (Wildman–Crippen MR) is 108 cm³/mol. The van der Waals surface area contributed by atoms with Crippen molar-refractivity contribution >= 4 is 33.2 Å². The van der Waals surface area contributed by atoms with Crippen LogP contribution in [0, 0.1) is 0 Å². The summed E-state index contributed by atoms with van der Waals surface area (Å²) in [6.07, 6.45) is 4.39. The van der Waals surface area contributed by atoms with Gasteiger partial charge in [0, 0.05) is 10.6 Å². The van der Waals surface area contributed by atoms with Gasteiger partial charge in [-0.05, 0) is 50.7 Å². The lowest BCUT2D eigenvalue weighted by molar-refractivity contribution is 0.697. The molecule has 0 bridgehead atoms. The summed E-state index contributed by atoms with van der Waals surface area (Å²) >= 11 is 1.66. The Bertz CT molecular complexity index is 1030. The monoisotopic (exact) mass is 366 g/mol. The molecule has 0 unspecified atom stereocenters. The van der Waals surface area contributed by atoms with Gasteiger partial charge in [-0.15, -0.1) is 11.3 Å². The van der Waals surface area contributed by atoms with Crippen molar-refractivity contribution in [3.05, 3.63) is 56.7 Å². The smallest absolute Gasteiger partial charge is 0.264 e. The van der Waals surface area contributed by atoms with Crippen molar-refractivity contribution in [3.8, 4) is 0 Å². The second-order valence-corrected chi connectivity index (χ2v) is 7.96. The Balaban J connectivity index is 1.90. The molecule has 3 aromatic rings. The number of nitrogens with zero attached hydrogens (tertiary/aromatic N) is 3. The molecule has 2 aromatic heterocycles. The normalized spacial score (nSPS) is 13.5. The molecule has 0 saturated carbocycles. The van der Waals surface area contributed by atoms with Gasteiger partial charge >= 0.3 is 0 Å². The molecule has 5 nitrogen and oxygen atoms in total. The Hall–Kier alpha value is -2.47. The largest absolute Gasteiger partial charge is 0.272 e. The maximum absolute atomic E-state index is 13.4. The molecule has 1 N–H and O–H groups in total. The molecule has 0 saturated heterocycles. The van der Waals surface area contributed by atoms with Gasteiger partial charge in [-0.2, -0.15) is 5.10 Å². The summed E-state index contributed by atoms with van der Waals surface area (Å²) in [5.41, 5.74) is 6.20. The van der Waals surface area contributed by atoms with E-state index in [4.69, 9.17) is 4.98 Å². The fourth-order valence-corrected chi connectivity index (χ4v) is 4.65. The van der Waals surface area contributed by atoms with Crippen molar-refractivity contribution in [2.45, 2.75) is 46.1 Å². The molecule has 1 aliphatic rings. The number of nitrogens with one attached hydrogen (secondary N) is 1. The van der Waals surface area contributed by atoms with E-state index in [2.05, 4.69) is 10.5 Å². The molecular formula is C20H22N4OS. The fraction of sp³-hybridized carbons (Fsp3) is 0.350. The minimum Gasteiger partial charge on any atom is -0.272 e. The lowest BCUT2D eigenvalue weighted by Gasteiger charge is -2.13. The van der Waals surface area contributed by atoms with E-state index in [1.807, 2.05) is 44.2 Å². The number of benzene rings is 1. The van der Waals surface area contributed by atoms with Crippen LogP contribution in [0.25, 0.3) is 10.2 Å². The molecular weight excluding hydrogens is 344 g/mol. The van der Waals surface area contributed by atoms with E-state index >= 15 is 0 Å². The SMILES string of the molecule is CC(C)=NNc1nc2sc3c(c2c(=O)n1Cc1ccccc1)CCCC3. The Morgan fingerprint density at radius 3 is 2.77 bits per heavy atom. The number of hydrogen-bond donors (Lipinski definition) is 1. The van der Waals surface area contributed by atoms with E-state index in [-0.39, 0.29) is 5.56 Å². The summed E-state index contributed by atoms with van der Waals surface area (Å²) in [6, 6.07) is 10.0. The van der Waals surface area contributed by atoms with E-state index in [1.165, 1.54) is 16.9 Å². The molecule has 6 heteroatoms. The van der Waals surface area contributed by atoms with E-state index < -0.39 is 0 Å². The molecule has 0 spiro atoms. The lowest BCUT2D eigenvalue weighted by atomic mass is 9.97. The first-order valence-corrected chi connectivity index (χ1v) is 9.81. The van der Waals surface area contributed by atoms with Gasteiger partial charge in [-0.25, -0.2) is 10.4 Å². The van der Waals surface area contributed by atoms with Crippen LogP contribution < -0.4 is 11.0 Å². The Morgan fingerprint density at radius 2 is 2.00 bits per heavy atom. The number of aromatic nitrogens is 2. The summed E-state index contributed by atoms with van der Waals surface area (Å²) in [5.74, 6) is 0.506. The van der Waals surface area contributed by atoms with Crippen LogP contribution in [0.4, 0.5) is 5.95 Å². The molecule has 1 aliphatic carbocycles. The molecule has 1 aromatic carbocycles. The molecule has 0 radical (unpaired) electrons. The number of thiophene rings is 1. The molecule has 134 valence electrons. The van der Waals surface area contributed by atoms with Crippen LogP contribution >= 0.6 is 11.3 Å². The van der Waals surface area contributed by atoms with E-state index in [0.29, 0.717) is 12.5 Å². The van der Waals surface area contributed by atoms with Crippen LogP contribution in [-0.4, -0.2) is 15.3 Å². The number of hydrazone groups is 1. The molecule has 4 rings (SSSR count). The summed E-state index contributed by atoms with van der Waals surface area (Å²) < 4.78 is 1.71. The van der Waals surface area contributed by atoms with Crippen LogP contribution in [-0.2, 0) is 19.4 Å². The highest BCUT2D eigenvalue weighted by molar-refractivity contribution is 7.18. The summed E-state index contributed by atoms with van der Waals surface area (Å²) in [4.78, 5) is 20.3. The van der Waals surface area contributed by atoms with Gasteiger partial charge in [0.1, 0.15) is 4.83 Å². The van der Waals surface area contributed by atoms with Crippen LogP contribution in [0.15, 0.2) is 40.2 Å². The van der Waals surface area contributed by atoms with Crippen molar-refractivity contribution in [3.63, 3.8) is 0 Å². The van der Waals surface area contributed by atoms with E-state index in [0.717, 1.165) is 40.8 Å². The van der Waals surface area contributed by atoms with Crippen molar-refractivity contribution in [1.82, 2.24) is 9.55 Å². The third kappa shape index (κ3) is 3.17. The average Bonchev–Trinajstić information content (AvgIpc) is 3.02. The first-order chi connectivity index (χ1) is 12.6. The minimum atomic E-state index is 0.0321. The maximum Gasteiger partial charge on any atom is 0.264 e. The second kappa shape index (κ2) is 7.03. The Morgan fingerprint density at radius 1 is 1.23 bits per heavy atom. The third-order valence-electron chi connectivity index (χ3n) is 4.64. The number of hydrogen-bond acceptors (Lipinski definition) is 5. The van der Waals surface area contributed by atoms with Crippen molar-refractivity contribution < 1.29 is 0 Å². The molecule has 0 atom stereocenters. The zero-order valence-corrected chi connectivity index (χ0v) is 15.9. The lowest BCUT2D eigenvalue weighted by Crippen LogP contribution is -2.25. The fourth-order valence-electron chi connectivity index (χ4n) is 3.40. The highest BCUT2D eigenvalue weighted by Crippen LogP contribution is 2.34. The quantitative estimate of drug-likeness (QED) is 0.556. The minimum absolute atomic E-state index is 0.0321. The van der Waals surface area contributed by atoms with Gasteiger partial charge in [-0.3, -0.25) is 9.36 Å². The zero-order chi connectivity index (χ0) is 18.1. The molecule has 26 heavy (non-hydrogen) atoms. The predicted octanol–water partition coefficient (Wildman–Crippen LogP) is 4.19. The van der Waals surface area contributed by atoms with Gasteiger partial charge in [0.25, 0.3) is 5.56 Å². The van der Waals surface area contributed by atoms with Crippen LogP contribution in [0.5, 0.6) is 0 Å². The third-order valence-corrected chi connectivity index (χ3v) is 5.82. The molecule has 0 fully saturated rings. The number of fused-ring (bicyclic) bond motifs is 3. The van der Waals surface area contributed by atoms with Crippen molar-refractivity contribution in [2.75, 3.05) is 5.43 Å². The van der Waals surface area contributed by atoms with Gasteiger partial charge in [-0.1, -0.05) is 30.3 Å². The van der Waals surface area contributed by atoms with Crippen molar-refractivity contribution in [2.24, 2.45) is 5.10 Å². The van der Waals surface area contributed by atoms with E-state index in [9.17, 15) is 4.79 Å². The molecule has 0 aliphatic heterocycles. The maximum atomic E-state index is 13.4. The summed E-state index contributed by atoms with van der Waals surface area (Å²) in [7, 11) is 0. The number of aryl methyl sites for hydroxylation is 2. The summed E-state index contributed by atoms with van der Waals surface area (Å²) in [6.45, 7) is 4.30. The van der Waals surface area contributed by atoms with Crippen LogP contribution in [0.1, 0.15) is 42.7 Å². The van der Waals surface area contributed by atoms with Crippen molar-refractivity contribution in [1.29, 1.82) is 0 Å². The zero-order valence-electron chi connectivity index (χ0n) is 15.1. The second-order valence-electron chi connectivity index (χ2n) is 6.87. The highest BCUT2D eigenvalue weighted by atomic mass is 32.1. The average molecular weight is 366 g/mol. The topological polar surface area (TPSA) is 59.3 Å². The highest BCUT2D eigenvalue weighted by Gasteiger charge is 2.22. The van der Waals surface area contributed by atoms with Crippen LogP contribution in [0.3, 0.4) is 0 Å².